The van der Waals surface area contributed by atoms with Crippen molar-refractivity contribution in [2.45, 2.75) is 58.0 Å². The molecule has 7 atom stereocenters. The fraction of sp³-hybridized carbons (Fsp3) is 0.737. The van der Waals surface area contributed by atoms with Gasteiger partial charge in [0.05, 0.1) is 24.2 Å². The average molecular weight is 336 g/mol. The number of aliphatic hydroxyl groups excluding tert-OH is 2. The molecule has 1 saturated heterocycles. The second-order valence-electron chi connectivity index (χ2n) is 8.22. The predicted octanol–water partition coefficient (Wildman–Crippen LogP) is 1.83. The maximum Gasteiger partial charge on any atom is 0.334 e. The molecule has 2 aliphatic carbocycles. The molecule has 0 radical (unpaired) electrons. The van der Waals surface area contributed by atoms with Gasteiger partial charge in [-0.3, -0.25) is 0 Å². The second-order valence-corrected chi connectivity index (χ2v) is 8.22. The van der Waals surface area contributed by atoms with Crippen LogP contribution in [0.25, 0.3) is 0 Å². The van der Waals surface area contributed by atoms with Gasteiger partial charge in [0.2, 0.25) is 0 Å². The van der Waals surface area contributed by atoms with Gasteiger partial charge in [-0.25, -0.2) is 4.79 Å². The van der Waals surface area contributed by atoms with Crippen LogP contribution >= 0.6 is 0 Å². The first-order chi connectivity index (χ1) is 11.2. The molecule has 134 valence electrons. The molecule has 24 heavy (non-hydrogen) atoms. The Kier molecular flexibility index (Phi) is 4.39. The van der Waals surface area contributed by atoms with E-state index in [-0.39, 0.29) is 24.4 Å². The standard InChI is InChI=1S/C19H28O5/c1-9(2)8-23-13-7-19(5)14(21)6-12(20)10(3)16(19)17-15(13)11(4)18(22)24-17/h9,12-17,20-21H,3-4,6-8H2,1-2,5H3. The fourth-order valence-electron chi connectivity index (χ4n) is 4.68. The second kappa shape index (κ2) is 5.97. The van der Waals surface area contributed by atoms with E-state index in [1.807, 2.05) is 6.92 Å². The Morgan fingerprint density at radius 1 is 1.38 bits per heavy atom. The van der Waals surface area contributed by atoms with E-state index in [4.69, 9.17) is 9.47 Å². The summed E-state index contributed by atoms with van der Waals surface area (Å²) in [4.78, 5) is 12.1. The molecular formula is C19H28O5. The van der Waals surface area contributed by atoms with E-state index in [1.165, 1.54) is 0 Å². The van der Waals surface area contributed by atoms with Crippen LogP contribution in [0.2, 0.25) is 0 Å². The number of esters is 1. The van der Waals surface area contributed by atoms with Gasteiger partial charge in [-0.05, 0) is 17.9 Å². The lowest BCUT2D eigenvalue weighted by Crippen LogP contribution is -2.60. The topological polar surface area (TPSA) is 76.0 Å². The van der Waals surface area contributed by atoms with Crippen LogP contribution in [-0.2, 0) is 14.3 Å². The first-order valence-corrected chi connectivity index (χ1v) is 8.73. The highest BCUT2D eigenvalue weighted by molar-refractivity contribution is 5.91. The molecule has 1 heterocycles. The maximum atomic E-state index is 12.1. The van der Waals surface area contributed by atoms with Gasteiger partial charge < -0.3 is 19.7 Å². The number of hydrogen-bond donors (Lipinski definition) is 2. The minimum atomic E-state index is -0.778. The van der Waals surface area contributed by atoms with Crippen molar-refractivity contribution < 1.29 is 24.5 Å². The molecule has 2 saturated carbocycles. The summed E-state index contributed by atoms with van der Waals surface area (Å²) in [6.45, 7) is 14.7. The van der Waals surface area contributed by atoms with Crippen molar-refractivity contribution >= 4 is 5.97 Å². The van der Waals surface area contributed by atoms with Gasteiger partial charge in [0.15, 0.2) is 0 Å². The van der Waals surface area contributed by atoms with Crippen molar-refractivity contribution in [2.75, 3.05) is 6.61 Å². The van der Waals surface area contributed by atoms with Crippen molar-refractivity contribution in [1.82, 2.24) is 0 Å². The molecule has 2 N–H and O–H groups in total. The SMILES string of the molecule is C=C1C(=O)OC2C1C(OCC(C)C)CC1(C)C(O)CC(O)C(=C)C21. The fourth-order valence-corrected chi connectivity index (χ4v) is 4.68. The van der Waals surface area contributed by atoms with E-state index in [9.17, 15) is 15.0 Å². The Hall–Kier alpha value is -1.17. The summed E-state index contributed by atoms with van der Waals surface area (Å²) in [5, 5.41) is 20.9. The normalized spacial score (nSPS) is 45.2. The molecule has 0 aromatic carbocycles. The predicted molar refractivity (Wildman–Crippen MR) is 89.1 cm³/mol. The van der Waals surface area contributed by atoms with Crippen LogP contribution in [0.4, 0.5) is 0 Å². The first-order valence-electron chi connectivity index (χ1n) is 8.73. The third kappa shape index (κ3) is 2.54. The third-order valence-electron chi connectivity index (χ3n) is 6.02. The molecule has 3 aliphatic rings. The zero-order chi connectivity index (χ0) is 17.8. The lowest BCUT2D eigenvalue weighted by Gasteiger charge is -2.55. The quantitative estimate of drug-likeness (QED) is 0.467. The number of aliphatic hydroxyl groups is 2. The van der Waals surface area contributed by atoms with Crippen molar-refractivity contribution in [2.24, 2.45) is 23.2 Å². The van der Waals surface area contributed by atoms with Crippen LogP contribution in [0, 0.1) is 23.2 Å². The van der Waals surface area contributed by atoms with Crippen LogP contribution in [0.15, 0.2) is 24.3 Å². The van der Waals surface area contributed by atoms with Crippen molar-refractivity contribution in [3.8, 4) is 0 Å². The van der Waals surface area contributed by atoms with Gasteiger partial charge in [0, 0.05) is 29.9 Å². The first kappa shape index (κ1) is 17.6. The van der Waals surface area contributed by atoms with E-state index < -0.39 is 29.7 Å². The molecule has 3 fully saturated rings. The number of carbonyl (C=O) groups is 1. The van der Waals surface area contributed by atoms with Gasteiger partial charge in [0.25, 0.3) is 0 Å². The molecule has 5 heteroatoms. The molecule has 5 nitrogen and oxygen atoms in total. The van der Waals surface area contributed by atoms with Crippen molar-refractivity contribution in [1.29, 1.82) is 0 Å². The maximum absolute atomic E-state index is 12.1. The van der Waals surface area contributed by atoms with Crippen LogP contribution in [0.5, 0.6) is 0 Å². The number of ether oxygens (including phenoxy) is 2. The summed E-state index contributed by atoms with van der Waals surface area (Å²) in [5.74, 6) is -0.574. The summed E-state index contributed by atoms with van der Waals surface area (Å²) in [6.07, 6.45) is -1.32. The number of hydrogen-bond acceptors (Lipinski definition) is 5. The van der Waals surface area contributed by atoms with Crippen molar-refractivity contribution in [3.63, 3.8) is 0 Å². The van der Waals surface area contributed by atoms with E-state index in [0.717, 1.165) is 0 Å². The lowest BCUT2D eigenvalue weighted by molar-refractivity contribution is -0.176. The minimum Gasteiger partial charge on any atom is -0.458 e. The van der Waals surface area contributed by atoms with Gasteiger partial charge >= 0.3 is 5.97 Å². The van der Waals surface area contributed by atoms with Gasteiger partial charge in [0.1, 0.15) is 6.10 Å². The molecular weight excluding hydrogens is 308 g/mol. The third-order valence-corrected chi connectivity index (χ3v) is 6.02. The molecule has 0 bridgehead atoms. The summed E-state index contributed by atoms with van der Waals surface area (Å²) in [6, 6.07) is 0. The molecule has 0 spiro atoms. The smallest absolute Gasteiger partial charge is 0.334 e. The summed E-state index contributed by atoms with van der Waals surface area (Å²) >= 11 is 0. The highest BCUT2D eigenvalue weighted by Gasteiger charge is 2.62. The Balaban J connectivity index is 1.98. The Bertz CT molecular complexity index is 568. The number of rotatable bonds is 3. The van der Waals surface area contributed by atoms with Gasteiger partial charge in [-0.1, -0.05) is 33.9 Å². The highest BCUT2D eigenvalue weighted by Crippen LogP contribution is 2.57. The van der Waals surface area contributed by atoms with Crippen LogP contribution in [-0.4, -0.2) is 47.2 Å². The molecule has 0 amide bonds. The van der Waals surface area contributed by atoms with E-state index in [0.29, 0.717) is 30.1 Å². The molecule has 1 aliphatic heterocycles. The Labute approximate surface area is 143 Å². The Morgan fingerprint density at radius 2 is 2.04 bits per heavy atom. The minimum absolute atomic E-state index is 0.227. The van der Waals surface area contributed by atoms with E-state index in [2.05, 4.69) is 27.0 Å². The summed E-state index contributed by atoms with van der Waals surface area (Å²) < 4.78 is 11.7. The van der Waals surface area contributed by atoms with E-state index in [1.54, 1.807) is 0 Å². The lowest BCUT2D eigenvalue weighted by atomic mass is 9.53. The zero-order valence-corrected chi connectivity index (χ0v) is 14.7. The van der Waals surface area contributed by atoms with E-state index >= 15 is 0 Å². The number of carbonyl (C=O) groups excluding carboxylic acids is 1. The van der Waals surface area contributed by atoms with Crippen LogP contribution in [0.3, 0.4) is 0 Å². The monoisotopic (exact) mass is 336 g/mol. The van der Waals surface area contributed by atoms with Crippen molar-refractivity contribution in [3.05, 3.63) is 24.3 Å². The average Bonchev–Trinajstić information content (AvgIpc) is 2.78. The van der Waals surface area contributed by atoms with Gasteiger partial charge in [-0.15, -0.1) is 0 Å². The van der Waals surface area contributed by atoms with Gasteiger partial charge in [-0.2, -0.15) is 0 Å². The zero-order valence-electron chi connectivity index (χ0n) is 14.7. The largest absolute Gasteiger partial charge is 0.458 e. The molecule has 0 aromatic heterocycles. The summed E-state index contributed by atoms with van der Waals surface area (Å²) in [5.41, 5.74) is 0.532. The Morgan fingerprint density at radius 3 is 2.67 bits per heavy atom. The summed E-state index contributed by atoms with van der Waals surface area (Å²) in [7, 11) is 0. The van der Waals surface area contributed by atoms with Crippen LogP contribution < -0.4 is 0 Å². The van der Waals surface area contributed by atoms with Crippen LogP contribution in [0.1, 0.15) is 33.6 Å². The molecule has 0 aromatic rings. The number of fused-ring (bicyclic) bond motifs is 3. The molecule has 7 unspecified atom stereocenters. The molecule has 3 rings (SSSR count). The highest BCUT2D eigenvalue weighted by atomic mass is 16.6.